The molecule has 3 rings (SSSR count). The number of benzene rings is 1. The van der Waals surface area contributed by atoms with Gasteiger partial charge in [0, 0.05) is 32.4 Å². The molecule has 0 aliphatic carbocycles. The zero-order chi connectivity index (χ0) is 18.9. The van der Waals surface area contributed by atoms with Crippen molar-refractivity contribution >= 4 is 5.91 Å². The summed E-state index contributed by atoms with van der Waals surface area (Å²) in [6.45, 7) is 3.76. The molecule has 5 heteroatoms. The summed E-state index contributed by atoms with van der Waals surface area (Å²) in [5.41, 5.74) is 2.24. The first-order valence-electron chi connectivity index (χ1n) is 9.77. The van der Waals surface area contributed by atoms with E-state index in [2.05, 4.69) is 22.0 Å². The molecule has 0 bridgehead atoms. The molecule has 1 saturated heterocycles. The first kappa shape index (κ1) is 19.4. The molecular formula is C22H29N3O2. The van der Waals surface area contributed by atoms with E-state index in [1.54, 1.807) is 7.11 Å². The third-order valence-corrected chi connectivity index (χ3v) is 5.06. The lowest BCUT2D eigenvalue weighted by Crippen LogP contribution is -2.43. The van der Waals surface area contributed by atoms with Crippen molar-refractivity contribution in [2.75, 3.05) is 33.3 Å². The quantitative estimate of drug-likeness (QED) is 0.719. The summed E-state index contributed by atoms with van der Waals surface area (Å²) >= 11 is 0. The summed E-state index contributed by atoms with van der Waals surface area (Å²) in [7, 11) is 1.68. The van der Waals surface area contributed by atoms with E-state index in [-0.39, 0.29) is 5.91 Å². The summed E-state index contributed by atoms with van der Waals surface area (Å²) in [6, 6.07) is 14.1. The van der Waals surface area contributed by atoms with Crippen molar-refractivity contribution in [1.29, 1.82) is 0 Å². The number of aromatic nitrogens is 1. The monoisotopic (exact) mass is 367 g/mol. The smallest absolute Gasteiger partial charge is 0.236 e. The molecule has 0 N–H and O–H groups in total. The van der Waals surface area contributed by atoms with E-state index in [0.29, 0.717) is 13.1 Å². The summed E-state index contributed by atoms with van der Waals surface area (Å²) in [5.74, 6) is 1.10. The van der Waals surface area contributed by atoms with Crippen LogP contribution in [0.4, 0.5) is 0 Å². The Hall–Kier alpha value is -2.40. The van der Waals surface area contributed by atoms with Crippen molar-refractivity contribution in [3.05, 3.63) is 59.9 Å². The predicted octanol–water partition coefficient (Wildman–Crippen LogP) is 3.15. The van der Waals surface area contributed by atoms with Crippen LogP contribution in [-0.4, -0.2) is 54.0 Å². The highest BCUT2D eigenvalue weighted by atomic mass is 16.5. The van der Waals surface area contributed by atoms with Gasteiger partial charge >= 0.3 is 0 Å². The summed E-state index contributed by atoms with van der Waals surface area (Å²) in [5, 5.41) is 0. The minimum absolute atomic E-state index is 0.236. The molecule has 5 nitrogen and oxygen atoms in total. The molecule has 2 aromatic rings. The summed E-state index contributed by atoms with van der Waals surface area (Å²) < 4.78 is 5.22. The largest absolute Gasteiger partial charge is 0.497 e. The highest BCUT2D eigenvalue weighted by Crippen LogP contribution is 2.14. The fourth-order valence-electron chi connectivity index (χ4n) is 3.45. The molecular weight excluding hydrogens is 338 g/mol. The number of methoxy groups -OCH3 is 1. The summed E-state index contributed by atoms with van der Waals surface area (Å²) in [6.07, 6.45) is 6.18. The average molecular weight is 367 g/mol. The predicted molar refractivity (Wildman–Crippen MR) is 107 cm³/mol. The van der Waals surface area contributed by atoms with Crippen LogP contribution in [0.2, 0.25) is 0 Å². The SMILES string of the molecule is COc1ccc(CCN(CC(=O)N2CCCCC2)Cc2ccccn2)cc1. The van der Waals surface area contributed by atoms with Gasteiger partial charge in [-0.15, -0.1) is 0 Å². The van der Waals surface area contributed by atoms with Gasteiger partial charge in [-0.3, -0.25) is 14.7 Å². The topological polar surface area (TPSA) is 45.7 Å². The van der Waals surface area contributed by atoms with Gasteiger partial charge in [0.1, 0.15) is 5.75 Å². The molecule has 27 heavy (non-hydrogen) atoms. The molecule has 1 aromatic carbocycles. The zero-order valence-corrected chi connectivity index (χ0v) is 16.1. The van der Waals surface area contributed by atoms with E-state index in [0.717, 1.165) is 50.3 Å². The first-order chi connectivity index (χ1) is 13.2. The Morgan fingerprint density at radius 2 is 1.89 bits per heavy atom. The van der Waals surface area contributed by atoms with Crippen molar-refractivity contribution in [3.63, 3.8) is 0 Å². The number of carbonyl (C=O) groups is 1. The lowest BCUT2D eigenvalue weighted by atomic mass is 10.1. The van der Waals surface area contributed by atoms with Crippen LogP contribution in [0.25, 0.3) is 0 Å². The lowest BCUT2D eigenvalue weighted by Gasteiger charge is -2.30. The van der Waals surface area contributed by atoms with Crippen molar-refractivity contribution in [3.8, 4) is 5.75 Å². The standard InChI is InChI=1S/C22H29N3O2/c1-27-21-10-8-19(9-11-21)12-16-24(17-20-7-3-4-13-23-20)18-22(26)25-14-5-2-6-15-25/h3-4,7-11,13H,2,5-6,12,14-18H2,1H3. The maximum Gasteiger partial charge on any atom is 0.236 e. The number of likely N-dealkylation sites (tertiary alicyclic amines) is 1. The van der Waals surface area contributed by atoms with Crippen LogP contribution in [0.1, 0.15) is 30.5 Å². The van der Waals surface area contributed by atoms with E-state index in [1.807, 2.05) is 41.4 Å². The maximum absolute atomic E-state index is 12.7. The van der Waals surface area contributed by atoms with Gasteiger partial charge < -0.3 is 9.64 Å². The molecule has 0 unspecified atom stereocenters. The van der Waals surface area contributed by atoms with Crippen LogP contribution in [0.5, 0.6) is 5.75 Å². The number of pyridine rings is 1. The van der Waals surface area contributed by atoms with Gasteiger partial charge in [-0.05, 0) is 55.5 Å². The van der Waals surface area contributed by atoms with Crippen LogP contribution >= 0.6 is 0 Å². The van der Waals surface area contributed by atoms with E-state index in [1.165, 1.54) is 12.0 Å². The molecule has 0 atom stereocenters. The van der Waals surface area contributed by atoms with Crippen LogP contribution in [0, 0.1) is 0 Å². The number of hydrogen-bond acceptors (Lipinski definition) is 4. The molecule has 1 aliphatic heterocycles. The van der Waals surface area contributed by atoms with Gasteiger partial charge in [0.25, 0.3) is 0 Å². The lowest BCUT2D eigenvalue weighted by molar-refractivity contribution is -0.133. The average Bonchev–Trinajstić information content (AvgIpc) is 2.73. The van der Waals surface area contributed by atoms with Gasteiger partial charge in [0.05, 0.1) is 19.3 Å². The van der Waals surface area contributed by atoms with E-state index >= 15 is 0 Å². The Morgan fingerprint density at radius 3 is 2.56 bits per heavy atom. The first-order valence-corrected chi connectivity index (χ1v) is 9.77. The fourth-order valence-corrected chi connectivity index (χ4v) is 3.45. The summed E-state index contributed by atoms with van der Waals surface area (Å²) in [4.78, 5) is 21.4. The van der Waals surface area contributed by atoms with Gasteiger partial charge in [0.2, 0.25) is 5.91 Å². The second-order valence-electron chi connectivity index (χ2n) is 7.07. The maximum atomic E-state index is 12.7. The second-order valence-corrected chi connectivity index (χ2v) is 7.07. The van der Waals surface area contributed by atoms with E-state index < -0.39 is 0 Å². The van der Waals surface area contributed by atoms with E-state index in [9.17, 15) is 4.79 Å². The minimum atomic E-state index is 0.236. The minimum Gasteiger partial charge on any atom is -0.497 e. The molecule has 0 saturated carbocycles. The van der Waals surface area contributed by atoms with E-state index in [4.69, 9.17) is 4.74 Å². The molecule has 1 aliphatic rings. The Morgan fingerprint density at radius 1 is 1.11 bits per heavy atom. The third-order valence-electron chi connectivity index (χ3n) is 5.06. The Kier molecular flexibility index (Phi) is 7.22. The number of amides is 1. The molecule has 0 radical (unpaired) electrons. The normalized spacial score (nSPS) is 14.4. The van der Waals surface area contributed by atoms with Crippen LogP contribution in [0.3, 0.4) is 0 Å². The Bertz CT molecular complexity index is 697. The van der Waals surface area contributed by atoms with Crippen LogP contribution in [-0.2, 0) is 17.8 Å². The van der Waals surface area contributed by atoms with Crippen molar-refractivity contribution in [1.82, 2.24) is 14.8 Å². The number of rotatable bonds is 8. The molecule has 0 spiro atoms. The number of carbonyl (C=O) groups excluding carboxylic acids is 1. The van der Waals surface area contributed by atoms with Crippen molar-refractivity contribution in [2.24, 2.45) is 0 Å². The highest BCUT2D eigenvalue weighted by Gasteiger charge is 2.19. The van der Waals surface area contributed by atoms with Gasteiger partial charge in [0.15, 0.2) is 0 Å². The number of nitrogens with zero attached hydrogens (tertiary/aromatic N) is 3. The Labute approximate surface area is 162 Å². The van der Waals surface area contributed by atoms with Gasteiger partial charge in [-0.1, -0.05) is 18.2 Å². The number of ether oxygens (including phenoxy) is 1. The van der Waals surface area contributed by atoms with Gasteiger partial charge in [-0.25, -0.2) is 0 Å². The van der Waals surface area contributed by atoms with Gasteiger partial charge in [-0.2, -0.15) is 0 Å². The van der Waals surface area contributed by atoms with Crippen LogP contribution < -0.4 is 4.74 Å². The molecule has 1 fully saturated rings. The number of hydrogen-bond donors (Lipinski definition) is 0. The molecule has 1 aromatic heterocycles. The fraction of sp³-hybridized carbons (Fsp3) is 0.455. The molecule has 2 heterocycles. The highest BCUT2D eigenvalue weighted by molar-refractivity contribution is 5.78. The Balaban J connectivity index is 1.61. The molecule has 144 valence electrons. The van der Waals surface area contributed by atoms with Crippen molar-refractivity contribution in [2.45, 2.75) is 32.2 Å². The van der Waals surface area contributed by atoms with Crippen molar-refractivity contribution < 1.29 is 9.53 Å². The third kappa shape index (κ3) is 6.07. The number of piperidine rings is 1. The van der Waals surface area contributed by atoms with Crippen LogP contribution in [0.15, 0.2) is 48.7 Å². The molecule has 1 amide bonds. The zero-order valence-electron chi connectivity index (χ0n) is 16.1. The second kappa shape index (κ2) is 10.1.